The minimum absolute atomic E-state index is 0.329. The molecule has 12 heavy (non-hydrogen) atoms. The van der Waals surface area contributed by atoms with Gasteiger partial charge in [0.15, 0.2) is 0 Å². The molecule has 0 fully saturated rings. The Morgan fingerprint density at radius 1 is 1.58 bits per heavy atom. The lowest BCUT2D eigenvalue weighted by atomic mass is 10.5. The van der Waals surface area contributed by atoms with Crippen LogP contribution in [-0.2, 0) is 9.09 Å². The van der Waals surface area contributed by atoms with Crippen LogP contribution in [0, 0.1) is 0 Å². The molecular weight excluding hydrogens is 177 g/mol. The van der Waals surface area contributed by atoms with Crippen molar-refractivity contribution in [3.8, 4) is 5.88 Å². The molecule has 0 saturated carbocycles. The molecule has 4 nitrogen and oxygen atoms in total. The summed E-state index contributed by atoms with van der Waals surface area (Å²) in [4.78, 5) is 3.82. The Hall–Kier alpha value is -0.860. The lowest BCUT2D eigenvalue weighted by Crippen LogP contribution is -1.87. The normalized spacial score (nSPS) is 12.4. The van der Waals surface area contributed by atoms with Gasteiger partial charge < -0.3 is 9.05 Å². The largest absolute Gasteiger partial charge is 0.408 e. The van der Waals surface area contributed by atoms with Crippen molar-refractivity contribution in [1.29, 1.82) is 0 Å². The molecule has 1 aromatic rings. The number of hydrogen-bond acceptors (Lipinski definition) is 4. The number of pyridine rings is 1. The van der Waals surface area contributed by atoms with Crippen molar-refractivity contribution in [2.45, 2.75) is 6.92 Å². The quantitative estimate of drug-likeness (QED) is 0.675. The summed E-state index contributed by atoms with van der Waals surface area (Å²) in [5.74, 6) is 0.329. The van der Waals surface area contributed by atoms with Crippen LogP contribution in [0.3, 0.4) is 0 Å². The second-order valence-electron chi connectivity index (χ2n) is 1.95. The third-order valence-corrected chi connectivity index (χ3v) is 1.99. The zero-order chi connectivity index (χ0) is 8.81. The molecule has 0 aromatic carbocycles. The van der Waals surface area contributed by atoms with Crippen LogP contribution < -0.4 is 4.52 Å². The number of aromatic nitrogens is 1. The second-order valence-corrected chi connectivity index (χ2v) is 2.95. The van der Waals surface area contributed by atoms with Crippen molar-refractivity contribution >= 4 is 8.25 Å². The van der Waals surface area contributed by atoms with Crippen molar-refractivity contribution in [3.63, 3.8) is 0 Å². The molecule has 66 valence electrons. The van der Waals surface area contributed by atoms with Crippen LogP contribution in [0.5, 0.6) is 5.88 Å². The van der Waals surface area contributed by atoms with E-state index in [1.165, 1.54) is 0 Å². The van der Waals surface area contributed by atoms with Gasteiger partial charge in [-0.1, -0.05) is 6.07 Å². The first-order chi connectivity index (χ1) is 5.83. The highest BCUT2D eigenvalue weighted by molar-refractivity contribution is 7.33. The third kappa shape index (κ3) is 3.03. The molecule has 0 aliphatic rings. The second kappa shape index (κ2) is 4.91. The van der Waals surface area contributed by atoms with E-state index >= 15 is 0 Å². The van der Waals surface area contributed by atoms with Crippen LogP contribution in [-0.4, -0.2) is 11.6 Å². The molecule has 0 aliphatic heterocycles. The van der Waals surface area contributed by atoms with Gasteiger partial charge in [0.05, 0.1) is 6.61 Å². The summed E-state index contributed by atoms with van der Waals surface area (Å²) in [5.41, 5.74) is 0. The maximum Gasteiger partial charge on any atom is 0.369 e. The molecule has 1 heterocycles. The first-order valence-corrected chi connectivity index (χ1v) is 4.81. The molecule has 1 unspecified atom stereocenters. The van der Waals surface area contributed by atoms with E-state index in [0.717, 1.165) is 0 Å². The molecule has 0 bridgehead atoms. The molecule has 1 rings (SSSR count). The van der Waals surface area contributed by atoms with E-state index in [1.807, 2.05) is 0 Å². The Bertz CT molecular complexity index is 252. The minimum Gasteiger partial charge on any atom is -0.408 e. The number of hydrogen-bond donors (Lipinski definition) is 0. The van der Waals surface area contributed by atoms with Gasteiger partial charge in [0.2, 0.25) is 5.88 Å². The van der Waals surface area contributed by atoms with E-state index < -0.39 is 8.25 Å². The average molecular weight is 187 g/mol. The van der Waals surface area contributed by atoms with E-state index in [9.17, 15) is 4.57 Å². The third-order valence-electron chi connectivity index (χ3n) is 1.09. The summed E-state index contributed by atoms with van der Waals surface area (Å²) < 4.78 is 20.5. The Morgan fingerprint density at radius 2 is 2.42 bits per heavy atom. The zero-order valence-corrected chi connectivity index (χ0v) is 7.69. The number of nitrogens with zero attached hydrogens (tertiary/aromatic N) is 1. The van der Waals surface area contributed by atoms with Crippen LogP contribution >= 0.6 is 8.25 Å². The molecule has 1 atom stereocenters. The summed E-state index contributed by atoms with van der Waals surface area (Å²) in [6.45, 7) is 2.13. The fourth-order valence-electron chi connectivity index (χ4n) is 0.640. The molecule has 0 spiro atoms. The maximum absolute atomic E-state index is 10.9. The summed E-state index contributed by atoms with van der Waals surface area (Å²) in [6.07, 6.45) is 1.57. The highest BCUT2D eigenvalue weighted by Crippen LogP contribution is 2.25. The Kier molecular flexibility index (Phi) is 3.77. The van der Waals surface area contributed by atoms with Gasteiger partial charge in [0, 0.05) is 12.3 Å². The van der Waals surface area contributed by atoms with Gasteiger partial charge in [0.25, 0.3) is 0 Å². The van der Waals surface area contributed by atoms with E-state index in [2.05, 4.69) is 4.98 Å². The molecule has 5 heteroatoms. The fourth-order valence-corrected chi connectivity index (χ4v) is 1.23. The monoisotopic (exact) mass is 187 g/mol. The van der Waals surface area contributed by atoms with Gasteiger partial charge >= 0.3 is 8.25 Å². The van der Waals surface area contributed by atoms with Gasteiger partial charge in [-0.2, -0.15) is 0 Å². The summed E-state index contributed by atoms with van der Waals surface area (Å²) in [6, 6.07) is 5.13. The van der Waals surface area contributed by atoms with Crippen LogP contribution in [0.1, 0.15) is 6.92 Å². The van der Waals surface area contributed by atoms with Crippen molar-refractivity contribution < 1.29 is 13.6 Å². The minimum atomic E-state index is -2.41. The predicted octanol–water partition coefficient (Wildman–Crippen LogP) is 1.89. The van der Waals surface area contributed by atoms with E-state index in [1.54, 1.807) is 31.3 Å². The maximum atomic E-state index is 10.9. The van der Waals surface area contributed by atoms with Crippen molar-refractivity contribution in [2.24, 2.45) is 0 Å². The average Bonchev–Trinajstić information content (AvgIpc) is 2.06. The molecule has 0 aliphatic carbocycles. The van der Waals surface area contributed by atoms with Crippen molar-refractivity contribution in [2.75, 3.05) is 6.61 Å². The molecule has 0 radical (unpaired) electrons. The van der Waals surface area contributed by atoms with Crippen molar-refractivity contribution in [3.05, 3.63) is 24.4 Å². The Labute approximate surface area is 71.5 Å². The smallest absolute Gasteiger partial charge is 0.369 e. The molecule has 1 aromatic heterocycles. The fraction of sp³-hybridized carbons (Fsp3) is 0.286. The van der Waals surface area contributed by atoms with Crippen LogP contribution in [0.25, 0.3) is 0 Å². The topological polar surface area (TPSA) is 48.4 Å². The Morgan fingerprint density at radius 3 is 3.00 bits per heavy atom. The summed E-state index contributed by atoms with van der Waals surface area (Å²) >= 11 is 0. The zero-order valence-electron chi connectivity index (χ0n) is 6.69. The van der Waals surface area contributed by atoms with Gasteiger partial charge in [0.1, 0.15) is 0 Å². The van der Waals surface area contributed by atoms with E-state index in [-0.39, 0.29) is 0 Å². The summed E-state index contributed by atoms with van der Waals surface area (Å²) in [5, 5.41) is 0. The van der Waals surface area contributed by atoms with E-state index in [4.69, 9.17) is 9.05 Å². The first kappa shape index (κ1) is 9.23. The van der Waals surface area contributed by atoms with E-state index in [0.29, 0.717) is 12.5 Å². The first-order valence-electron chi connectivity index (χ1n) is 3.58. The van der Waals surface area contributed by atoms with Crippen LogP contribution in [0.2, 0.25) is 0 Å². The molecule has 0 N–H and O–H groups in total. The van der Waals surface area contributed by atoms with Gasteiger partial charge in [-0.05, 0) is 13.0 Å². The summed E-state index contributed by atoms with van der Waals surface area (Å²) in [7, 11) is -2.41. The van der Waals surface area contributed by atoms with Gasteiger partial charge in [-0.15, -0.1) is 0 Å². The highest BCUT2D eigenvalue weighted by atomic mass is 31.1. The van der Waals surface area contributed by atoms with Gasteiger partial charge in [-0.3, -0.25) is 0 Å². The molecule has 0 saturated heterocycles. The molecule has 0 amide bonds. The highest BCUT2D eigenvalue weighted by Gasteiger charge is 1.99. The number of rotatable bonds is 4. The lowest BCUT2D eigenvalue weighted by molar-refractivity contribution is 0.300. The molecular formula is C7H10NO3P. The van der Waals surface area contributed by atoms with Crippen molar-refractivity contribution in [1.82, 2.24) is 4.98 Å². The lowest BCUT2D eigenvalue weighted by Gasteiger charge is -2.02. The van der Waals surface area contributed by atoms with Crippen LogP contribution in [0.15, 0.2) is 24.4 Å². The van der Waals surface area contributed by atoms with Gasteiger partial charge in [-0.25, -0.2) is 9.55 Å². The SMILES string of the molecule is CCO[PH](=O)Oc1ccccn1. The van der Waals surface area contributed by atoms with Crippen LogP contribution in [0.4, 0.5) is 0 Å². The predicted molar refractivity (Wildman–Crippen MR) is 45.5 cm³/mol. The Balaban J connectivity index is 2.47. The standard InChI is InChI=1S/C7H10NO3P/c1-2-10-12(9)11-7-5-3-4-6-8-7/h3-6,12H,2H2,1H3.